The zero-order chi connectivity index (χ0) is 5.54. The van der Waals surface area contributed by atoms with Crippen molar-refractivity contribution in [2.24, 2.45) is 0 Å². The third kappa shape index (κ3) is 6.01. The SMILES string of the molecule is C=C[CH2][SnH2][O]C=O. The van der Waals surface area contributed by atoms with Crippen LogP contribution in [0, 0.1) is 0 Å². The molecular formula is C4H8O2Sn. The van der Waals surface area contributed by atoms with Gasteiger partial charge in [-0.1, -0.05) is 0 Å². The summed E-state index contributed by atoms with van der Waals surface area (Å²) in [6.45, 7) is 4.02. The van der Waals surface area contributed by atoms with Gasteiger partial charge in [0, 0.05) is 0 Å². The molecule has 0 spiro atoms. The Morgan fingerprint density at radius 1 is 1.86 bits per heavy atom. The molecule has 0 aromatic rings. The van der Waals surface area contributed by atoms with Gasteiger partial charge in [-0.2, -0.15) is 0 Å². The van der Waals surface area contributed by atoms with Crippen LogP contribution < -0.4 is 0 Å². The van der Waals surface area contributed by atoms with E-state index in [1.54, 1.807) is 6.08 Å². The Kier molecular flexibility index (Phi) is 6.02. The van der Waals surface area contributed by atoms with Crippen molar-refractivity contribution in [3.63, 3.8) is 0 Å². The third-order valence-electron chi connectivity index (χ3n) is 0.508. The predicted molar refractivity (Wildman–Crippen MR) is 30.7 cm³/mol. The maximum absolute atomic E-state index is 9.48. The molecule has 0 saturated heterocycles. The topological polar surface area (TPSA) is 26.3 Å². The van der Waals surface area contributed by atoms with Crippen LogP contribution >= 0.6 is 0 Å². The van der Waals surface area contributed by atoms with E-state index in [9.17, 15) is 4.79 Å². The summed E-state index contributed by atoms with van der Waals surface area (Å²) in [6.07, 6.45) is 1.79. The summed E-state index contributed by atoms with van der Waals surface area (Å²) in [5.41, 5.74) is 0. The van der Waals surface area contributed by atoms with Crippen LogP contribution in [-0.2, 0) is 7.87 Å². The van der Waals surface area contributed by atoms with Crippen molar-refractivity contribution in [2.75, 3.05) is 0 Å². The first-order chi connectivity index (χ1) is 3.41. The molecule has 0 aromatic carbocycles. The van der Waals surface area contributed by atoms with E-state index < -0.39 is 21.6 Å². The second-order valence-electron chi connectivity index (χ2n) is 1.04. The fourth-order valence-corrected chi connectivity index (χ4v) is 1.34. The van der Waals surface area contributed by atoms with Crippen molar-refractivity contribution in [2.45, 2.75) is 4.44 Å². The number of allylic oxidation sites excluding steroid dienone is 1. The standard InChI is InChI=1S/C3H5.CH2O2.Sn.2H/c1-3-2;2-1-3;;;/h3H,1-2H2;1H,(H,2,3);;;/q;;+1;;/p-1. The Morgan fingerprint density at radius 3 is 3.00 bits per heavy atom. The summed E-state index contributed by atoms with van der Waals surface area (Å²) >= 11 is -1.10. The maximum atomic E-state index is 9.48. The van der Waals surface area contributed by atoms with Crippen molar-refractivity contribution in [1.82, 2.24) is 0 Å². The Labute approximate surface area is 53.3 Å². The molecule has 0 aromatic heterocycles. The molecule has 0 saturated carbocycles. The van der Waals surface area contributed by atoms with Gasteiger partial charge >= 0.3 is 53.0 Å². The van der Waals surface area contributed by atoms with Gasteiger partial charge in [0.2, 0.25) is 0 Å². The van der Waals surface area contributed by atoms with E-state index in [2.05, 4.69) is 9.65 Å². The first-order valence-corrected chi connectivity index (χ1v) is 6.58. The van der Waals surface area contributed by atoms with E-state index in [-0.39, 0.29) is 0 Å². The second-order valence-corrected chi connectivity index (χ2v) is 4.81. The van der Waals surface area contributed by atoms with Crippen LogP contribution in [0.5, 0.6) is 0 Å². The monoisotopic (exact) mass is 208 g/mol. The molecule has 3 heteroatoms. The first-order valence-electron chi connectivity index (χ1n) is 2.08. The van der Waals surface area contributed by atoms with Crippen molar-refractivity contribution in [3.05, 3.63) is 12.7 Å². The molecule has 0 atom stereocenters. The summed E-state index contributed by atoms with van der Waals surface area (Å²) < 4.78 is 5.48. The molecule has 7 heavy (non-hydrogen) atoms. The van der Waals surface area contributed by atoms with Gasteiger partial charge in [0.25, 0.3) is 0 Å². The molecule has 40 valence electrons. The number of carbonyl (C=O) groups excluding carboxylic acids is 1. The number of carbonyl (C=O) groups is 1. The molecule has 0 heterocycles. The zero-order valence-electron chi connectivity index (χ0n) is 4.09. The molecule has 0 aliphatic rings. The van der Waals surface area contributed by atoms with Gasteiger partial charge in [0.15, 0.2) is 0 Å². The van der Waals surface area contributed by atoms with Gasteiger partial charge in [-0.3, -0.25) is 0 Å². The minimum atomic E-state index is -1.10. The van der Waals surface area contributed by atoms with Gasteiger partial charge in [-0.15, -0.1) is 0 Å². The number of hydrogen-bond donors (Lipinski definition) is 0. The Bertz CT molecular complexity index is 54.7. The van der Waals surface area contributed by atoms with Crippen molar-refractivity contribution < 1.29 is 7.87 Å². The molecule has 0 fully saturated rings. The molecule has 0 aliphatic carbocycles. The van der Waals surface area contributed by atoms with Crippen molar-refractivity contribution in [1.29, 1.82) is 0 Å². The van der Waals surface area contributed by atoms with E-state index in [0.29, 0.717) is 6.47 Å². The van der Waals surface area contributed by atoms with Crippen LogP contribution in [0.2, 0.25) is 4.44 Å². The van der Waals surface area contributed by atoms with Gasteiger partial charge in [0.1, 0.15) is 0 Å². The Morgan fingerprint density at radius 2 is 2.57 bits per heavy atom. The van der Waals surface area contributed by atoms with Crippen LogP contribution in [0.4, 0.5) is 0 Å². The molecular weight excluding hydrogens is 199 g/mol. The third-order valence-corrected chi connectivity index (χ3v) is 3.41. The molecule has 2 nitrogen and oxygen atoms in total. The Hall–Kier alpha value is 0.00870. The van der Waals surface area contributed by atoms with E-state index in [0.717, 1.165) is 4.44 Å². The molecule has 0 unspecified atom stereocenters. The van der Waals surface area contributed by atoms with Crippen LogP contribution in [0.25, 0.3) is 0 Å². The quantitative estimate of drug-likeness (QED) is 0.277. The number of rotatable bonds is 4. The number of hydrogen-bond acceptors (Lipinski definition) is 2. The molecule has 0 bridgehead atoms. The zero-order valence-corrected chi connectivity index (χ0v) is 8.13. The molecule has 0 amide bonds. The van der Waals surface area contributed by atoms with Gasteiger partial charge in [0.05, 0.1) is 0 Å². The van der Waals surface area contributed by atoms with Gasteiger partial charge < -0.3 is 0 Å². The van der Waals surface area contributed by atoms with E-state index in [1.807, 2.05) is 0 Å². The van der Waals surface area contributed by atoms with E-state index in [4.69, 9.17) is 0 Å². The van der Waals surface area contributed by atoms with E-state index in [1.165, 1.54) is 0 Å². The second kappa shape index (κ2) is 6.01. The van der Waals surface area contributed by atoms with Crippen LogP contribution in [0.1, 0.15) is 0 Å². The van der Waals surface area contributed by atoms with Gasteiger partial charge in [-0.05, 0) is 0 Å². The van der Waals surface area contributed by atoms with Crippen molar-refractivity contribution >= 4 is 28.0 Å². The van der Waals surface area contributed by atoms with E-state index >= 15 is 0 Å². The molecule has 0 rings (SSSR count). The molecule has 0 radical (unpaired) electrons. The fourth-order valence-electron chi connectivity index (χ4n) is 0.199. The Balaban J connectivity index is 2.68. The van der Waals surface area contributed by atoms with Crippen LogP contribution in [-0.4, -0.2) is 28.0 Å². The summed E-state index contributed by atoms with van der Waals surface area (Å²) in [6, 6.07) is 0. The summed E-state index contributed by atoms with van der Waals surface area (Å²) in [5.74, 6) is 0. The average Bonchev–Trinajstić information content (AvgIpc) is 1.69. The fraction of sp³-hybridized carbons (Fsp3) is 0.250. The summed E-state index contributed by atoms with van der Waals surface area (Å²) in [4.78, 5) is 9.48. The van der Waals surface area contributed by atoms with Gasteiger partial charge in [-0.25, -0.2) is 0 Å². The minimum absolute atomic E-state index is 0.527. The summed E-state index contributed by atoms with van der Waals surface area (Å²) in [7, 11) is 0. The van der Waals surface area contributed by atoms with Crippen LogP contribution in [0.3, 0.4) is 0 Å². The summed E-state index contributed by atoms with van der Waals surface area (Å²) in [5, 5.41) is 0. The van der Waals surface area contributed by atoms with Crippen LogP contribution in [0.15, 0.2) is 12.7 Å². The normalized spacial score (nSPS) is 9.14. The molecule has 0 N–H and O–H groups in total. The average molecular weight is 207 g/mol. The predicted octanol–water partition coefficient (Wildman–Crippen LogP) is -0.153. The van der Waals surface area contributed by atoms with Crippen molar-refractivity contribution in [3.8, 4) is 0 Å². The molecule has 0 aliphatic heterocycles. The first kappa shape index (κ1) is 7.01.